The van der Waals surface area contributed by atoms with Gasteiger partial charge in [0.25, 0.3) is 0 Å². The Morgan fingerprint density at radius 3 is 1.85 bits per heavy atom. The van der Waals surface area contributed by atoms with E-state index in [9.17, 15) is 5.11 Å². The second-order valence-corrected chi connectivity index (χ2v) is 5.20. The fourth-order valence-electron chi connectivity index (χ4n) is 2.79. The van der Waals surface area contributed by atoms with E-state index in [1.165, 1.54) is 16.7 Å². The molecule has 0 radical (unpaired) electrons. The molecule has 0 amide bonds. The van der Waals surface area contributed by atoms with Crippen LogP contribution in [0.2, 0.25) is 0 Å². The number of hydrogen-bond acceptors (Lipinski definition) is 1. The molecule has 1 N–H and O–H groups in total. The molecule has 2 rings (SSSR count). The summed E-state index contributed by atoms with van der Waals surface area (Å²) in [6, 6.07) is 14.4. The van der Waals surface area contributed by atoms with E-state index in [0.717, 1.165) is 30.4 Å². The maximum absolute atomic E-state index is 10.8. The molecule has 106 valence electrons. The number of benzene rings is 2. The van der Waals surface area contributed by atoms with Crippen LogP contribution in [0, 0.1) is 0 Å². The smallest absolute Gasteiger partial charge is 0.105 e. The van der Waals surface area contributed by atoms with Gasteiger partial charge in [-0.05, 0) is 47.1 Å². The van der Waals surface area contributed by atoms with Crippen LogP contribution in [0.25, 0.3) is 0 Å². The van der Waals surface area contributed by atoms with E-state index in [2.05, 4.69) is 32.9 Å². The fourth-order valence-corrected chi connectivity index (χ4v) is 2.79. The Balaban J connectivity index is 2.54. The third-order valence-corrected chi connectivity index (χ3v) is 3.97. The van der Waals surface area contributed by atoms with Gasteiger partial charge in [0.1, 0.15) is 6.10 Å². The molecule has 0 aliphatic rings. The number of rotatable bonds is 5. The van der Waals surface area contributed by atoms with Crippen molar-refractivity contribution in [3.05, 3.63) is 70.3 Å². The zero-order chi connectivity index (χ0) is 14.5. The van der Waals surface area contributed by atoms with E-state index in [1.807, 2.05) is 30.3 Å². The number of aliphatic hydroxyl groups excluding tert-OH is 1. The highest BCUT2D eigenvalue weighted by Gasteiger charge is 2.18. The second kappa shape index (κ2) is 6.71. The molecule has 2 aromatic rings. The molecule has 20 heavy (non-hydrogen) atoms. The molecule has 1 heteroatoms. The lowest BCUT2D eigenvalue weighted by molar-refractivity contribution is 0.218. The average molecular weight is 268 g/mol. The Labute approximate surface area is 122 Å². The first-order valence-corrected chi connectivity index (χ1v) is 7.58. The van der Waals surface area contributed by atoms with Crippen molar-refractivity contribution in [3.63, 3.8) is 0 Å². The molecule has 0 aromatic heterocycles. The molecular weight excluding hydrogens is 244 g/mol. The van der Waals surface area contributed by atoms with Gasteiger partial charge in [-0.15, -0.1) is 0 Å². The summed E-state index contributed by atoms with van der Waals surface area (Å²) in [6.07, 6.45) is 2.44. The first-order valence-electron chi connectivity index (χ1n) is 7.58. The van der Waals surface area contributed by atoms with Crippen LogP contribution < -0.4 is 0 Å². The second-order valence-electron chi connectivity index (χ2n) is 5.20. The van der Waals surface area contributed by atoms with Crippen LogP contribution in [0.5, 0.6) is 0 Å². The molecule has 1 atom stereocenters. The normalized spacial score (nSPS) is 12.4. The van der Waals surface area contributed by atoms with Gasteiger partial charge in [-0.25, -0.2) is 0 Å². The van der Waals surface area contributed by atoms with Gasteiger partial charge < -0.3 is 5.11 Å². The monoisotopic (exact) mass is 268 g/mol. The summed E-state index contributed by atoms with van der Waals surface area (Å²) in [5.41, 5.74) is 6.00. The van der Waals surface area contributed by atoms with Crippen LogP contribution >= 0.6 is 0 Å². The predicted molar refractivity (Wildman–Crippen MR) is 85.1 cm³/mol. The highest BCUT2D eigenvalue weighted by Crippen LogP contribution is 2.30. The summed E-state index contributed by atoms with van der Waals surface area (Å²) in [7, 11) is 0. The van der Waals surface area contributed by atoms with Gasteiger partial charge in [-0.1, -0.05) is 63.2 Å². The highest BCUT2D eigenvalue weighted by atomic mass is 16.3. The molecule has 0 saturated carbocycles. The van der Waals surface area contributed by atoms with Crippen LogP contribution in [-0.4, -0.2) is 5.11 Å². The Morgan fingerprint density at radius 2 is 1.40 bits per heavy atom. The lowest BCUT2D eigenvalue weighted by atomic mass is 9.88. The van der Waals surface area contributed by atoms with Crippen LogP contribution in [0.3, 0.4) is 0 Å². The van der Waals surface area contributed by atoms with E-state index < -0.39 is 6.10 Å². The topological polar surface area (TPSA) is 20.2 Å². The summed E-state index contributed by atoms with van der Waals surface area (Å²) in [6.45, 7) is 6.51. The van der Waals surface area contributed by atoms with Crippen molar-refractivity contribution in [2.24, 2.45) is 0 Å². The molecule has 0 spiro atoms. The molecule has 2 aromatic carbocycles. The van der Waals surface area contributed by atoms with Crippen molar-refractivity contribution in [3.8, 4) is 0 Å². The maximum atomic E-state index is 10.8. The van der Waals surface area contributed by atoms with E-state index >= 15 is 0 Å². The quantitative estimate of drug-likeness (QED) is 0.849. The largest absolute Gasteiger partial charge is 0.384 e. The zero-order valence-corrected chi connectivity index (χ0v) is 12.7. The average Bonchev–Trinajstić information content (AvgIpc) is 2.53. The SMILES string of the molecule is CCc1cc(CC)c(C(O)c2ccccc2)c(CC)c1. The van der Waals surface area contributed by atoms with Crippen molar-refractivity contribution < 1.29 is 5.11 Å². The van der Waals surface area contributed by atoms with E-state index in [-0.39, 0.29) is 0 Å². The molecule has 0 bridgehead atoms. The molecule has 0 saturated heterocycles. The van der Waals surface area contributed by atoms with Gasteiger partial charge in [0, 0.05) is 0 Å². The van der Waals surface area contributed by atoms with Crippen molar-refractivity contribution in [2.75, 3.05) is 0 Å². The summed E-state index contributed by atoms with van der Waals surface area (Å²) in [5, 5.41) is 10.8. The van der Waals surface area contributed by atoms with Crippen LogP contribution in [0.1, 0.15) is 54.7 Å². The highest BCUT2D eigenvalue weighted by molar-refractivity contribution is 5.44. The summed E-state index contributed by atoms with van der Waals surface area (Å²) in [4.78, 5) is 0. The minimum absolute atomic E-state index is 0.521. The van der Waals surface area contributed by atoms with Gasteiger partial charge in [0.05, 0.1) is 0 Å². The van der Waals surface area contributed by atoms with Crippen LogP contribution in [0.15, 0.2) is 42.5 Å². The minimum Gasteiger partial charge on any atom is -0.384 e. The lowest BCUT2D eigenvalue weighted by Gasteiger charge is -2.20. The molecule has 1 unspecified atom stereocenters. The van der Waals surface area contributed by atoms with E-state index in [1.54, 1.807) is 0 Å². The number of aryl methyl sites for hydroxylation is 3. The Morgan fingerprint density at radius 1 is 0.850 bits per heavy atom. The summed E-state index contributed by atoms with van der Waals surface area (Å²) in [5.74, 6) is 0. The third kappa shape index (κ3) is 2.94. The van der Waals surface area contributed by atoms with Gasteiger partial charge in [-0.2, -0.15) is 0 Å². The first kappa shape index (κ1) is 14.8. The first-order chi connectivity index (χ1) is 9.71. The lowest BCUT2D eigenvalue weighted by Crippen LogP contribution is -2.08. The Hall–Kier alpha value is -1.60. The van der Waals surface area contributed by atoms with Crippen molar-refractivity contribution in [1.29, 1.82) is 0 Å². The van der Waals surface area contributed by atoms with Gasteiger partial charge in [-0.3, -0.25) is 0 Å². The molecule has 0 fully saturated rings. The number of aliphatic hydroxyl groups is 1. The van der Waals surface area contributed by atoms with E-state index in [0.29, 0.717) is 0 Å². The fraction of sp³-hybridized carbons (Fsp3) is 0.368. The van der Waals surface area contributed by atoms with Crippen molar-refractivity contribution in [1.82, 2.24) is 0 Å². The standard InChI is InChI=1S/C19H24O/c1-4-14-12-15(5-2)18(16(6-3)13-14)19(20)17-10-8-7-9-11-17/h7-13,19-20H,4-6H2,1-3H3. The van der Waals surface area contributed by atoms with Crippen molar-refractivity contribution in [2.45, 2.75) is 46.1 Å². The van der Waals surface area contributed by atoms with Gasteiger partial charge >= 0.3 is 0 Å². The Bertz CT molecular complexity index is 532. The number of hydrogen-bond donors (Lipinski definition) is 1. The predicted octanol–water partition coefficient (Wildman–Crippen LogP) is 4.46. The van der Waals surface area contributed by atoms with Crippen LogP contribution in [0.4, 0.5) is 0 Å². The van der Waals surface area contributed by atoms with Gasteiger partial charge in [0.2, 0.25) is 0 Å². The van der Waals surface area contributed by atoms with Crippen LogP contribution in [-0.2, 0) is 19.3 Å². The van der Waals surface area contributed by atoms with Gasteiger partial charge in [0.15, 0.2) is 0 Å². The maximum Gasteiger partial charge on any atom is 0.105 e. The van der Waals surface area contributed by atoms with Crippen molar-refractivity contribution >= 4 is 0 Å². The third-order valence-electron chi connectivity index (χ3n) is 3.97. The molecule has 1 nitrogen and oxygen atoms in total. The van der Waals surface area contributed by atoms with E-state index in [4.69, 9.17) is 0 Å². The Kier molecular flexibility index (Phi) is 4.97. The summed E-state index contributed by atoms with van der Waals surface area (Å²) >= 11 is 0. The minimum atomic E-state index is -0.521. The molecule has 0 aliphatic carbocycles. The molecule has 0 heterocycles. The zero-order valence-electron chi connectivity index (χ0n) is 12.7. The molecular formula is C19H24O. The molecule has 0 aliphatic heterocycles. The summed E-state index contributed by atoms with van der Waals surface area (Å²) < 4.78 is 0.